The molecule has 1 unspecified atom stereocenters. The average Bonchev–Trinajstić information content (AvgIpc) is 2.07. The first-order valence-electron chi connectivity index (χ1n) is 3.93. The number of carboxylic acid groups (broad SMARTS) is 1. The minimum atomic E-state index is -0.999. The third-order valence-electron chi connectivity index (χ3n) is 1.14. The minimum Gasteiger partial charge on any atom is -0.480 e. The number of nitrogens with two attached hydrogens (primary N) is 2. The van der Waals surface area contributed by atoms with E-state index in [9.17, 15) is 4.79 Å². The lowest BCUT2D eigenvalue weighted by molar-refractivity contribution is -0.138. The maximum atomic E-state index is 10.2. The van der Waals surface area contributed by atoms with Crippen molar-refractivity contribution in [2.75, 3.05) is 0 Å². The molecular formula is C8H18N2O2. The third-order valence-corrected chi connectivity index (χ3v) is 1.14. The first kappa shape index (κ1) is 13.6. The fourth-order valence-electron chi connectivity index (χ4n) is 0.502. The van der Waals surface area contributed by atoms with Gasteiger partial charge in [0.25, 0.3) is 0 Å². The quantitative estimate of drug-likeness (QED) is 0.587. The molecule has 0 bridgehead atoms. The van der Waals surface area contributed by atoms with Crippen molar-refractivity contribution in [1.29, 1.82) is 0 Å². The number of hydrogen-bond donors (Lipinski definition) is 3. The number of aliphatic carboxylic acids is 1. The first-order chi connectivity index (χ1) is 5.57. The summed E-state index contributed by atoms with van der Waals surface area (Å²) in [6, 6.07) is -0.834. The predicted octanol–water partition coefficient (Wildman–Crippen LogP) is 0.677. The smallest absolute Gasteiger partial charge is 0.320 e. The molecule has 0 rings (SSSR count). The van der Waals surface area contributed by atoms with E-state index < -0.39 is 12.0 Å². The van der Waals surface area contributed by atoms with E-state index in [0.717, 1.165) is 5.57 Å². The standard InChI is InChI=1S/C6H12N2O2.C2H6/c1-4(3-7)2-5(8)6(9)10;1-2/h3,5H,2,7-8H2,1H3,(H,9,10);1-2H3/b4-3+;. The van der Waals surface area contributed by atoms with Gasteiger partial charge in [-0.2, -0.15) is 0 Å². The van der Waals surface area contributed by atoms with Crippen LogP contribution >= 0.6 is 0 Å². The number of hydrogen-bond acceptors (Lipinski definition) is 3. The predicted molar refractivity (Wildman–Crippen MR) is 49.5 cm³/mol. The van der Waals surface area contributed by atoms with E-state index in [0.29, 0.717) is 6.42 Å². The Labute approximate surface area is 73.2 Å². The molecule has 4 heteroatoms. The van der Waals surface area contributed by atoms with Crippen LogP contribution in [0.5, 0.6) is 0 Å². The molecule has 0 aliphatic rings. The maximum Gasteiger partial charge on any atom is 0.320 e. The van der Waals surface area contributed by atoms with Gasteiger partial charge in [-0.05, 0) is 19.5 Å². The molecule has 0 radical (unpaired) electrons. The second-order valence-corrected chi connectivity index (χ2v) is 2.16. The van der Waals surface area contributed by atoms with Crippen LogP contribution in [0.1, 0.15) is 27.2 Å². The highest BCUT2D eigenvalue weighted by atomic mass is 16.4. The second-order valence-electron chi connectivity index (χ2n) is 2.16. The van der Waals surface area contributed by atoms with Gasteiger partial charge in [-0.3, -0.25) is 4.79 Å². The van der Waals surface area contributed by atoms with Crippen LogP contribution in [-0.4, -0.2) is 17.1 Å². The zero-order chi connectivity index (χ0) is 10.1. The molecule has 0 aliphatic carbocycles. The largest absolute Gasteiger partial charge is 0.480 e. The Hall–Kier alpha value is -1.03. The van der Waals surface area contributed by atoms with Gasteiger partial charge in [0.2, 0.25) is 0 Å². The van der Waals surface area contributed by atoms with Crippen molar-refractivity contribution < 1.29 is 9.90 Å². The Morgan fingerprint density at radius 1 is 1.58 bits per heavy atom. The monoisotopic (exact) mass is 174 g/mol. The summed E-state index contributed by atoms with van der Waals surface area (Å²) < 4.78 is 0. The van der Waals surface area contributed by atoms with Gasteiger partial charge in [-0.1, -0.05) is 19.4 Å². The molecule has 0 saturated carbocycles. The molecule has 0 spiro atoms. The first-order valence-corrected chi connectivity index (χ1v) is 3.93. The molecule has 0 aromatic rings. The van der Waals surface area contributed by atoms with Crippen LogP contribution in [-0.2, 0) is 4.79 Å². The molecule has 1 atom stereocenters. The molecule has 12 heavy (non-hydrogen) atoms. The van der Waals surface area contributed by atoms with Crippen LogP contribution in [0.2, 0.25) is 0 Å². The SMILES string of the molecule is C/C(=C\N)CC(N)C(=O)O.CC. The molecular weight excluding hydrogens is 156 g/mol. The molecule has 72 valence electrons. The van der Waals surface area contributed by atoms with Gasteiger partial charge in [-0.15, -0.1) is 0 Å². The summed E-state index contributed by atoms with van der Waals surface area (Å²) in [5.41, 5.74) is 11.1. The Bertz CT molecular complexity index is 155. The van der Waals surface area contributed by atoms with Crippen LogP contribution in [0, 0.1) is 0 Å². The Morgan fingerprint density at radius 3 is 2.25 bits per heavy atom. The van der Waals surface area contributed by atoms with Gasteiger partial charge in [0.05, 0.1) is 0 Å². The van der Waals surface area contributed by atoms with Crippen LogP contribution in [0.15, 0.2) is 11.8 Å². The molecule has 0 aliphatic heterocycles. The van der Waals surface area contributed by atoms with Crippen LogP contribution < -0.4 is 11.5 Å². The highest BCUT2D eigenvalue weighted by molar-refractivity contribution is 5.73. The lowest BCUT2D eigenvalue weighted by Gasteiger charge is -2.04. The van der Waals surface area contributed by atoms with E-state index in [2.05, 4.69) is 0 Å². The molecule has 0 amide bonds. The zero-order valence-electron chi connectivity index (χ0n) is 7.87. The lowest BCUT2D eigenvalue weighted by Crippen LogP contribution is -2.30. The number of rotatable bonds is 3. The summed E-state index contributed by atoms with van der Waals surface area (Å²) >= 11 is 0. The van der Waals surface area contributed by atoms with E-state index in [1.165, 1.54) is 6.20 Å². The average molecular weight is 174 g/mol. The molecule has 0 aromatic heterocycles. The van der Waals surface area contributed by atoms with Crippen molar-refractivity contribution in [3.05, 3.63) is 11.8 Å². The topological polar surface area (TPSA) is 89.3 Å². The fourth-order valence-corrected chi connectivity index (χ4v) is 0.502. The summed E-state index contributed by atoms with van der Waals surface area (Å²) in [5, 5.41) is 8.33. The fraction of sp³-hybridized carbons (Fsp3) is 0.625. The molecule has 0 saturated heterocycles. The summed E-state index contributed by atoms with van der Waals surface area (Å²) in [6.45, 7) is 5.74. The number of carbonyl (C=O) groups is 1. The van der Waals surface area contributed by atoms with Gasteiger partial charge >= 0.3 is 5.97 Å². The normalized spacial score (nSPS) is 12.8. The van der Waals surface area contributed by atoms with Gasteiger partial charge in [0, 0.05) is 0 Å². The van der Waals surface area contributed by atoms with Crippen LogP contribution in [0.25, 0.3) is 0 Å². The summed E-state index contributed by atoms with van der Waals surface area (Å²) in [6.07, 6.45) is 1.68. The van der Waals surface area contributed by atoms with E-state index in [1.54, 1.807) is 6.92 Å². The molecule has 4 nitrogen and oxygen atoms in total. The van der Waals surface area contributed by atoms with Gasteiger partial charge < -0.3 is 16.6 Å². The lowest BCUT2D eigenvalue weighted by atomic mass is 10.1. The molecule has 0 aromatic carbocycles. The van der Waals surface area contributed by atoms with Gasteiger partial charge in [-0.25, -0.2) is 0 Å². The Balaban J connectivity index is 0. The number of carboxylic acids is 1. The Morgan fingerprint density at radius 2 is 2.00 bits per heavy atom. The highest BCUT2D eigenvalue weighted by Crippen LogP contribution is 2.00. The van der Waals surface area contributed by atoms with E-state index in [-0.39, 0.29) is 0 Å². The molecule has 0 heterocycles. The third kappa shape index (κ3) is 7.08. The summed E-state index contributed by atoms with van der Waals surface area (Å²) in [4.78, 5) is 10.2. The van der Waals surface area contributed by atoms with Crippen LogP contribution in [0.3, 0.4) is 0 Å². The van der Waals surface area contributed by atoms with Crippen molar-refractivity contribution in [3.8, 4) is 0 Å². The Kier molecular flexibility index (Phi) is 9.11. The summed E-state index contributed by atoms with van der Waals surface area (Å²) in [5.74, 6) is -0.999. The van der Waals surface area contributed by atoms with Crippen molar-refractivity contribution in [3.63, 3.8) is 0 Å². The van der Waals surface area contributed by atoms with E-state index in [4.69, 9.17) is 16.6 Å². The molecule has 0 fully saturated rings. The van der Waals surface area contributed by atoms with Crippen molar-refractivity contribution in [2.24, 2.45) is 11.5 Å². The van der Waals surface area contributed by atoms with Crippen LogP contribution in [0.4, 0.5) is 0 Å². The second kappa shape index (κ2) is 8.07. The van der Waals surface area contributed by atoms with Crippen molar-refractivity contribution in [1.82, 2.24) is 0 Å². The van der Waals surface area contributed by atoms with Crippen molar-refractivity contribution >= 4 is 5.97 Å². The van der Waals surface area contributed by atoms with Crippen molar-refractivity contribution in [2.45, 2.75) is 33.2 Å². The molecule has 5 N–H and O–H groups in total. The minimum absolute atomic E-state index is 0.311. The van der Waals surface area contributed by atoms with E-state index >= 15 is 0 Å². The van der Waals surface area contributed by atoms with Gasteiger partial charge in [0.1, 0.15) is 6.04 Å². The highest BCUT2D eigenvalue weighted by Gasteiger charge is 2.10. The maximum absolute atomic E-state index is 10.2. The van der Waals surface area contributed by atoms with Gasteiger partial charge in [0.15, 0.2) is 0 Å². The zero-order valence-corrected chi connectivity index (χ0v) is 7.87. The summed E-state index contributed by atoms with van der Waals surface area (Å²) in [7, 11) is 0. The van der Waals surface area contributed by atoms with E-state index in [1.807, 2.05) is 13.8 Å².